The molecule has 0 bridgehead atoms. The van der Waals surface area contributed by atoms with E-state index in [2.05, 4.69) is 4.90 Å². The Morgan fingerprint density at radius 2 is 2.33 bits per heavy atom. The van der Waals surface area contributed by atoms with Gasteiger partial charge in [0.05, 0.1) is 24.2 Å². The maximum Gasteiger partial charge on any atom is 0.317 e. The number of aliphatic carboxylic acids is 1. The maximum absolute atomic E-state index is 11.2. The first-order chi connectivity index (χ1) is 11.3. The lowest BCUT2D eigenvalue weighted by molar-refractivity contribution is -0.385. The van der Waals surface area contributed by atoms with E-state index in [1.165, 1.54) is 6.07 Å². The molecule has 1 aliphatic rings. The highest BCUT2D eigenvalue weighted by molar-refractivity contribution is 6.30. The average molecular weight is 358 g/mol. The zero-order valence-corrected chi connectivity index (χ0v) is 14.1. The van der Waals surface area contributed by atoms with Gasteiger partial charge in [0.25, 0.3) is 5.69 Å². The first-order valence-electron chi connectivity index (χ1n) is 7.52. The number of rotatable bonds is 7. The van der Waals surface area contributed by atoms with Gasteiger partial charge < -0.3 is 9.84 Å². The van der Waals surface area contributed by atoms with Crippen molar-refractivity contribution < 1.29 is 19.6 Å². The highest BCUT2D eigenvalue weighted by atomic mass is 35.5. The summed E-state index contributed by atoms with van der Waals surface area (Å²) in [7, 11) is 1.72. The van der Waals surface area contributed by atoms with Gasteiger partial charge in [0, 0.05) is 42.8 Å². The molecule has 1 heterocycles. The van der Waals surface area contributed by atoms with Gasteiger partial charge in [-0.2, -0.15) is 0 Å². The molecule has 1 saturated heterocycles. The van der Waals surface area contributed by atoms with E-state index in [0.717, 1.165) is 0 Å². The topological polar surface area (TPSA) is 96.2 Å². The van der Waals surface area contributed by atoms with Crippen LogP contribution in [0.4, 0.5) is 5.69 Å². The Labute approximate surface area is 144 Å². The van der Waals surface area contributed by atoms with Crippen LogP contribution in [0.5, 0.6) is 0 Å². The van der Waals surface area contributed by atoms with Crippen LogP contribution in [-0.4, -0.2) is 71.7 Å². The summed E-state index contributed by atoms with van der Waals surface area (Å²) in [5.41, 5.74) is 0.609. The molecule has 0 amide bonds. The van der Waals surface area contributed by atoms with Gasteiger partial charge in [-0.05, 0) is 19.2 Å². The van der Waals surface area contributed by atoms with E-state index in [0.29, 0.717) is 43.4 Å². The number of ether oxygens (including phenoxy) is 1. The molecule has 9 heteroatoms. The fraction of sp³-hybridized carbons (Fsp3) is 0.533. The highest BCUT2D eigenvalue weighted by Crippen LogP contribution is 2.25. The summed E-state index contributed by atoms with van der Waals surface area (Å²) in [4.78, 5) is 25.2. The highest BCUT2D eigenvalue weighted by Gasteiger charge is 2.24. The van der Waals surface area contributed by atoms with Crippen LogP contribution in [0.3, 0.4) is 0 Å². The molecule has 0 spiro atoms. The van der Waals surface area contributed by atoms with Crippen molar-refractivity contribution in [3.8, 4) is 0 Å². The van der Waals surface area contributed by atoms with E-state index >= 15 is 0 Å². The van der Waals surface area contributed by atoms with Gasteiger partial charge in [0.2, 0.25) is 0 Å². The lowest BCUT2D eigenvalue weighted by atomic mass is 10.1. The van der Waals surface area contributed by atoms with E-state index in [4.69, 9.17) is 21.4 Å². The van der Waals surface area contributed by atoms with Crippen LogP contribution in [0.2, 0.25) is 5.02 Å². The zero-order valence-electron chi connectivity index (χ0n) is 13.4. The molecule has 1 N–H and O–H groups in total. The molecule has 1 aliphatic heterocycles. The van der Waals surface area contributed by atoms with Gasteiger partial charge in [-0.1, -0.05) is 11.6 Å². The third kappa shape index (κ3) is 5.41. The molecular weight excluding hydrogens is 338 g/mol. The first kappa shape index (κ1) is 18.6. The Hall–Kier alpha value is -1.74. The number of likely N-dealkylation sites (N-methyl/N-ethyl adjacent to an activating group) is 1. The largest absolute Gasteiger partial charge is 0.480 e. The number of carboxylic acid groups (broad SMARTS) is 1. The van der Waals surface area contributed by atoms with Crippen LogP contribution in [0.25, 0.3) is 0 Å². The summed E-state index contributed by atoms with van der Waals surface area (Å²) in [5.74, 6) is -0.887. The third-order valence-electron chi connectivity index (χ3n) is 3.78. The minimum absolute atomic E-state index is 0.00790. The number of carboxylic acids is 1. The minimum atomic E-state index is -0.887. The Balaban J connectivity index is 1.98. The Morgan fingerprint density at radius 3 is 3.00 bits per heavy atom. The van der Waals surface area contributed by atoms with Crippen LogP contribution >= 0.6 is 11.6 Å². The van der Waals surface area contributed by atoms with Crippen molar-refractivity contribution in [2.24, 2.45) is 0 Å². The molecule has 0 aliphatic carbocycles. The molecule has 1 aromatic carbocycles. The number of benzene rings is 1. The molecular formula is C15H20ClN3O5. The van der Waals surface area contributed by atoms with Crippen LogP contribution in [0.1, 0.15) is 5.56 Å². The second-order valence-electron chi connectivity index (χ2n) is 5.85. The summed E-state index contributed by atoms with van der Waals surface area (Å²) in [6.45, 7) is 2.62. The molecule has 8 nitrogen and oxygen atoms in total. The van der Waals surface area contributed by atoms with Gasteiger partial charge in [-0.15, -0.1) is 0 Å². The van der Waals surface area contributed by atoms with Crippen molar-refractivity contribution in [3.63, 3.8) is 0 Å². The van der Waals surface area contributed by atoms with Crippen molar-refractivity contribution in [3.05, 3.63) is 38.9 Å². The first-order valence-corrected chi connectivity index (χ1v) is 7.90. The number of halogens is 1. The van der Waals surface area contributed by atoms with Gasteiger partial charge in [-0.25, -0.2) is 0 Å². The molecule has 132 valence electrons. The SMILES string of the molecule is CN(CC(=O)O)CC1CN(Cc2ccc(Cl)cc2[N+](=O)[O-])CCO1. The van der Waals surface area contributed by atoms with Crippen molar-refractivity contribution in [1.82, 2.24) is 9.80 Å². The Kier molecular flexibility index (Phi) is 6.50. The summed E-state index contributed by atoms with van der Waals surface area (Å²) >= 11 is 5.83. The fourth-order valence-electron chi connectivity index (χ4n) is 2.76. The normalized spacial score (nSPS) is 18.7. The molecule has 1 unspecified atom stereocenters. The number of nitro benzene ring substituents is 1. The quantitative estimate of drug-likeness (QED) is 0.583. The van der Waals surface area contributed by atoms with Gasteiger partial charge in [0.1, 0.15) is 0 Å². The van der Waals surface area contributed by atoms with E-state index in [9.17, 15) is 14.9 Å². The third-order valence-corrected chi connectivity index (χ3v) is 4.02. The van der Waals surface area contributed by atoms with Crippen molar-refractivity contribution in [2.75, 3.05) is 39.8 Å². The molecule has 0 radical (unpaired) electrons. The van der Waals surface area contributed by atoms with Crippen molar-refractivity contribution in [1.29, 1.82) is 0 Å². The summed E-state index contributed by atoms with van der Waals surface area (Å²) in [5, 5.41) is 20.3. The Bertz CT molecular complexity index is 613. The smallest absolute Gasteiger partial charge is 0.317 e. The summed E-state index contributed by atoms with van der Waals surface area (Å²) in [6.07, 6.45) is -0.130. The maximum atomic E-state index is 11.2. The fourth-order valence-corrected chi connectivity index (χ4v) is 2.93. The van der Waals surface area contributed by atoms with E-state index in [-0.39, 0.29) is 18.3 Å². The predicted octanol–water partition coefficient (Wildman–Crippen LogP) is 1.47. The van der Waals surface area contributed by atoms with Crippen LogP contribution in [-0.2, 0) is 16.1 Å². The van der Waals surface area contributed by atoms with Crippen molar-refractivity contribution >= 4 is 23.3 Å². The van der Waals surface area contributed by atoms with Gasteiger partial charge >= 0.3 is 5.97 Å². The number of nitro groups is 1. The average Bonchev–Trinajstić information content (AvgIpc) is 2.48. The van der Waals surface area contributed by atoms with E-state index in [1.54, 1.807) is 24.1 Å². The molecule has 0 saturated carbocycles. The number of morpholine rings is 1. The van der Waals surface area contributed by atoms with E-state index < -0.39 is 10.9 Å². The standard InChI is InChI=1S/C15H20ClN3O5/c1-17(10-15(20)21)8-13-9-18(4-5-24-13)7-11-2-3-12(16)6-14(11)19(22)23/h2-3,6,13H,4-5,7-10H2,1H3,(H,20,21). The lowest BCUT2D eigenvalue weighted by Gasteiger charge is -2.34. The second kappa shape index (κ2) is 8.39. The molecule has 0 aromatic heterocycles. The molecule has 1 atom stereocenters. The Morgan fingerprint density at radius 1 is 1.58 bits per heavy atom. The second-order valence-corrected chi connectivity index (χ2v) is 6.28. The minimum Gasteiger partial charge on any atom is -0.480 e. The molecule has 1 fully saturated rings. The van der Waals surface area contributed by atoms with Crippen molar-refractivity contribution in [2.45, 2.75) is 12.6 Å². The van der Waals surface area contributed by atoms with E-state index in [1.807, 2.05) is 0 Å². The lowest BCUT2D eigenvalue weighted by Crippen LogP contribution is -2.47. The molecule has 2 rings (SSSR count). The van der Waals surface area contributed by atoms with Crippen LogP contribution in [0, 0.1) is 10.1 Å². The van der Waals surface area contributed by atoms with Crippen LogP contribution in [0.15, 0.2) is 18.2 Å². The predicted molar refractivity (Wildman–Crippen MR) is 88.3 cm³/mol. The summed E-state index contributed by atoms with van der Waals surface area (Å²) < 4.78 is 5.66. The summed E-state index contributed by atoms with van der Waals surface area (Å²) in [6, 6.07) is 4.67. The number of carbonyl (C=O) groups is 1. The number of hydrogen-bond acceptors (Lipinski definition) is 6. The molecule has 1 aromatic rings. The van der Waals surface area contributed by atoms with Gasteiger partial charge in [0.15, 0.2) is 0 Å². The van der Waals surface area contributed by atoms with Crippen LogP contribution < -0.4 is 0 Å². The van der Waals surface area contributed by atoms with Gasteiger partial charge in [-0.3, -0.25) is 24.7 Å². The number of nitrogens with zero attached hydrogens (tertiary/aromatic N) is 3. The zero-order chi connectivity index (χ0) is 17.7. The molecule has 24 heavy (non-hydrogen) atoms. The number of hydrogen-bond donors (Lipinski definition) is 1. The monoisotopic (exact) mass is 357 g/mol.